The van der Waals surface area contributed by atoms with Gasteiger partial charge in [0, 0.05) is 22.6 Å². The van der Waals surface area contributed by atoms with Crippen LogP contribution in [0.2, 0.25) is 0 Å². The van der Waals surface area contributed by atoms with E-state index >= 15 is 0 Å². The smallest absolute Gasteiger partial charge is 0.299 e. The zero-order valence-electron chi connectivity index (χ0n) is 17.1. The van der Waals surface area contributed by atoms with E-state index in [1.807, 2.05) is 0 Å². The predicted octanol–water partition coefficient (Wildman–Crippen LogP) is 2.54. The van der Waals surface area contributed by atoms with E-state index in [4.69, 9.17) is 9.47 Å². The summed E-state index contributed by atoms with van der Waals surface area (Å²) in [6.07, 6.45) is 0.568. The van der Waals surface area contributed by atoms with Crippen molar-refractivity contribution >= 4 is 45.0 Å². The van der Waals surface area contributed by atoms with Gasteiger partial charge in [0.2, 0.25) is 12.7 Å². The molecule has 33 heavy (non-hydrogen) atoms. The average molecular weight is 532 g/mol. The van der Waals surface area contributed by atoms with Crippen molar-refractivity contribution in [3.05, 3.63) is 50.5 Å². The molecule has 0 radical (unpaired) electrons. The van der Waals surface area contributed by atoms with Crippen molar-refractivity contribution in [2.45, 2.75) is 18.2 Å². The molecule has 0 saturated carbocycles. The first-order valence-corrected chi connectivity index (χ1v) is 11.5. The number of ether oxygens (including phenoxy) is 2. The Morgan fingerprint density at radius 3 is 2.70 bits per heavy atom. The topological polar surface area (TPSA) is 135 Å². The molecule has 1 unspecified atom stereocenters. The van der Waals surface area contributed by atoms with Gasteiger partial charge in [-0.1, -0.05) is 32.4 Å². The fraction of sp³-hybridized carbons (Fsp3) is 0.200. The number of hydrogen-bond acceptors (Lipinski definition) is 9. The van der Waals surface area contributed by atoms with Crippen molar-refractivity contribution in [3.8, 4) is 28.6 Å². The molecule has 0 bridgehead atoms. The lowest BCUT2D eigenvalue weighted by Crippen LogP contribution is -2.59. The number of nitro benzene ring substituents is 1. The summed E-state index contributed by atoms with van der Waals surface area (Å²) >= 11 is 4.54. The lowest BCUT2D eigenvalue weighted by Gasteiger charge is -2.32. The molecular weight excluding hydrogens is 518 g/mol. The number of carbonyl (C=O) groups is 1. The summed E-state index contributed by atoms with van der Waals surface area (Å²) in [5.41, 5.74) is 0.756. The van der Waals surface area contributed by atoms with Crippen LogP contribution in [0.4, 0.5) is 11.4 Å². The fourth-order valence-electron chi connectivity index (χ4n) is 3.98. The number of carbonyl (C=O) groups excluding carboxylic acids is 1. The molecule has 3 aromatic rings. The van der Waals surface area contributed by atoms with Gasteiger partial charge in [0.1, 0.15) is 5.56 Å². The molecule has 0 spiro atoms. The van der Waals surface area contributed by atoms with Gasteiger partial charge in [0.05, 0.1) is 28.1 Å². The molecule has 11 nitrogen and oxygen atoms in total. The van der Waals surface area contributed by atoms with Crippen LogP contribution >= 0.6 is 27.7 Å². The largest absolute Gasteiger partial charge is 0.854 e. The normalized spacial score (nSPS) is 15.7. The molecular formula is C20H14BrN5O6S. The van der Waals surface area contributed by atoms with Crippen LogP contribution in [0.1, 0.15) is 18.7 Å². The van der Waals surface area contributed by atoms with Crippen molar-refractivity contribution in [3.63, 3.8) is 0 Å². The number of thioether (sulfide) groups is 1. The third kappa shape index (κ3) is 3.35. The van der Waals surface area contributed by atoms with Gasteiger partial charge >= 0.3 is 0 Å². The minimum Gasteiger partial charge on any atom is -0.854 e. The van der Waals surface area contributed by atoms with Crippen LogP contribution in [0.5, 0.6) is 17.4 Å². The molecule has 2 aromatic carbocycles. The Kier molecular flexibility index (Phi) is 5.09. The molecule has 0 aliphatic carbocycles. The van der Waals surface area contributed by atoms with Gasteiger partial charge in [-0.25, -0.2) is 9.88 Å². The number of fused-ring (bicyclic) bond motifs is 4. The number of rotatable bonds is 3. The number of nitrogens with zero attached hydrogens (tertiary/aromatic N) is 5. The lowest BCUT2D eigenvalue weighted by atomic mass is 10.00. The Morgan fingerprint density at radius 1 is 1.30 bits per heavy atom. The van der Waals surface area contributed by atoms with E-state index < -0.39 is 22.9 Å². The highest BCUT2D eigenvalue weighted by molar-refractivity contribution is 9.10. The third-order valence-electron chi connectivity index (χ3n) is 5.29. The summed E-state index contributed by atoms with van der Waals surface area (Å²) in [5, 5.41) is 29.8. The number of benzene rings is 2. The molecule has 5 rings (SSSR count). The summed E-state index contributed by atoms with van der Waals surface area (Å²) < 4.78 is 12.7. The summed E-state index contributed by atoms with van der Waals surface area (Å²) in [5.74, 6) is -0.442. The van der Waals surface area contributed by atoms with Gasteiger partial charge in [0.25, 0.3) is 22.7 Å². The highest BCUT2D eigenvalue weighted by Crippen LogP contribution is 2.46. The number of anilines is 1. The summed E-state index contributed by atoms with van der Waals surface area (Å²) in [6, 6.07) is 7.77. The summed E-state index contributed by atoms with van der Waals surface area (Å²) in [4.78, 5) is 29.8. The Bertz CT molecular complexity index is 1350. The minimum atomic E-state index is -1.14. The first kappa shape index (κ1) is 21.4. The zero-order chi connectivity index (χ0) is 23.4. The first-order chi connectivity index (χ1) is 15.8. The number of nitro groups is 1. The highest BCUT2D eigenvalue weighted by Gasteiger charge is 2.47. The fourth-order valence-corrected chi connectivity index (χ4v) is 4.68. The Morgan fingerprint density at radius 2 is 2.03 bits per heavy atom. The van der Waals surface area contributed by atoms with Crippen LogP contribution in [0, 0.1) is 10.1 Å². The van der Waals surface area contributed by atoms with E-state index in [1.165, 1.54) is 28.6 Å². The standard InChI is InChI=1S/C20H14BrN5O6S/c1-9(27)24-13-4-3-10(21)5-11(13)17-18(28)22-20(33-2)23-25(17)19(24)12-6-15-16(32-8-31-15)7-14(12)26(29)30/h3-7,19H,8H2,1-2H3. The Balaban J connectivity index is 1.89. The maximum Gasteiger partial charge on any atom is 0.299 e. The maximum absolute atomic E-state index is 13.1. The monoisotopic (exact) mass is 531 g/mol. The van der Waals surface area contributed by atoms with E-state index in [9.17, 15) is 20.0 Å². The molecule has 0 N–H and O–H groups in total. The van der Waals surface area contributed by atoms with E-state index in [1.54, 1.807) is 24.5 Å². The second-order valence-corrected chi connectivity index (χ2v) is 8.83. The molecule has 1 aromatic heterocycles. The van der Waals surface area contributed by atoms with Crippen LogP contribution in [0.15, 0.2) is 40.0 Å². The predicted molar refractivity (Wildman–Crippen MR) is 117 cm³/mol. The second kappa shape index (κ2) is 7.85. The lowest BCUT2D eigenvalue weighted by molar-refractivity contribution is -0.764. The third-order valence-corrected chi connectivity index (χ3v) is 6.32. The number of halogens is 1. The highest BCUT2D eigenvalue weighted by atomic mass is 79.9. The quantitative estimate of drug-likeness (QED) is 0.216. The molecule has 2 aliphatic heterocycles. The molecule has 1 amide bonds. The van der Waals surface area contributed by atoms with Crippen molar-refractivity contribution in [2.24, 2.45) is 0 Å². The van der Waals surface area contributed by atoms with Gasteiger partial charge in [-0.3, -0.25) is 14.9 Å². The molecule has 13 heteroatoms. The second-order valence-electron chi connectivity index (χ2n) is 7.14. The molecule has 1 atom stereocenters. The molecule has 0 saturated heterocycles. The van der Waals surface area contributed by atoms with Gasteiger partial charge in [-0.15, -0.1) is 0 Å². The van der Waals surface area contributed by atoms with E-state index in [0.29, 0.717) is 21.5 Å². The van der Waals surface area contributed by atoms with Gasteiger partial charge in [-0.05, 0) is 24.5 Å². The summed E-state index contributed by atoms with van der Waals surface area (Å²) in [7, 11) is 0. The van der Waals surface area contributed by atoms with Gasteiger partial charge < -0.3 is 14.6 Å². The van der Waals surface area contributed by atoms with E-state index in [-0.39, 0.29) is 34.6 Å². The minimum absolute atomic E-state index is 0.0822. The van der Waals surface area contributed by atoms with Gasteiger partial charge in [-0.2, -0.15) is 0 Å². The number of hydrogen-bond donors (Lipinski definition) is 0. The number of aromatic nitrogens is 3. The van der Waals surface area contributed by atoms with Crippen LogP contribution in [-0.4, -0.2) is 34.0 Å². The van der Waals surface area contributed by atoms with Crippen molar-refractivity contribution in [1.29, 1.82) is 0 Å². The molecule has 0 fully saturated rings. The molecule has 2 aliphatic rings. The van der Waals surface area contributed by atoms with Crippen LogP contribution in [-0.2, 0) is 4.79 Å². The van der Waals surface area contributed by atoms with Crippen molar-refractivity contribution in [1.82, 2.24) is 10.1 Å². The van der Waals surface area contributed by atoms with Crippen molar-refractivity contribution < 1.29 is 29.0 Å². The average Bonchev–Trinajstić information content (AvgIpc) is 3.24. The maximum atomic E-state index is 13.1. The number of amides is 1. The Labute approximate surface area is 199 Å². The Hall–Kier alpha value is -3.45. The van der Waals surface area contributed by atoms with E-state index in [0.717, 1.165) is 11.8 Å². The SMILES string of the molecule is CSc1nc([O-])c2[n+](n1)C(c1cc3c(cc1[N+](=O)[O-])OCO3)N(C(C)=O)c1ccc(Br)cc1-2. The van der Waals surface area contributed by atoms with Gasteiger partial charge in [0.15, 0.2) is 11.5 Å². The molecule has 3 heterocycles. The van der Waals surface area contributed by atoms with Crippen LogP contribution < -0.4 is 24.2 Å². The molecule has 168 valence electrons. The first-order valence-electron chi connectivity index (χ1n) is 9.52. The van der Waals surface area contributed by atoms with Crippen molar-refractivity contribution in [2.75, 3.05) is 17.9 Å². The van der Waals surface area contributed by atoms with E-state index in [2.05, 4.69) is 26.0 Å². The summed E-state index contributed by atoms with van der Waals surface area (Å²) in [6.45, 7) is 1.26. The van der Waals surface area contributed by atoms with Crippen LogP contribution in [0.25, 0.3) is 11.3 Å². The van der Waals surface area contributed by atoms with Crippen LogP contribution in [0.3, 0.4) is 0 Å². The zero-order valence-corrected chi connectivity index (χ0v) is 19.5.